The molecule has 0 aliphatic carbocycles. The molecule has 7 nitrogen and oxygen atoms in total. The normalized spacial score (nSPS) is 10.1. The largest absolute Gasteiger partial charge is 0.484 e. The Labute approximate surface area is 170 Å². The molecule has 0 radical (unpaired) electrons. The fraction of sp³-hybridized carbons (Fsp3) is 0.318. The number of amides is 2. The van der Waals surface area contributed by atoms with Gasteiger partial charge < -0.3 is 20.1 Å². The van der Waals surface area contributed by atoms with Crippen LogP contribution >= 0.6 is 0 Å². The summed E-state index contributed by atoms with van der Waals surface area (Å²) in [6.45, 7) is 4.58. The fourth-order valence-electron chi connectivity index (χ4n) is 2.43. The van der Waals surface area contributed by atoms with Crippen LogP contribution in [0.15, 0.2) is 48.5 Å². The molecule has 0 saturated carbocycles. The average Bonchev–Trinajstić information content (AvgIpc) is 2.73. The van der Waals surface area contributed by atoms with E-state index in [9.17, 15) is 14.4 Å². The van der Waals surface area contributed by atoms with Gasteiger partial charge in [0.25, 0.3) is 11.8 Å². The fourth-order valence-corrected chi connectivity index (χ4v) is 2.43. The topological polar surface area (TPSA) is 93.7 Å². The van der Waals surface area contributed by atoms with Crippen molar-refractivity contribution in [2.75, 3.05) is 25.1 Å². The van der Waals surface area contributed by atoms with E-state index in [-0.39, 0.29) is 24.4 Å². The number of nitrogens with one attached hydrogen (secondary N) is 2. The number of ether oxygens (including phenoxy) is 2. The highest BCUT2D eigenvalue weighted by Crippen LogP contribution is 2.14. The summed E-state index contributed by atoms with van der Waals surface area (Å²) in [6.07, 6.45) is 1.78. The molecule has 0 aliphatic heterocycles. The van der Waals surface area contributed by atoms with E-state index < -0.39 is 0 Å². The number of carbonyl (C=O) groups is 3. The Balaban J connectivity index is 1.84. The second-order valence-corrected chi connectivity index (χ2v) is 6.29. The van der Waals surface area contributed by atoms with Gasteiger partial charge in [0.1, 0.15) is 5.75 Å². The minimum Gasteiger partial charge on any atom is -0.484 e. The van der Waals surface area contributed by atoms with Crippen LogP contribution in [-0.2, 0) is 9.53 Å². The first-order valence-electron chi connectivity index (χ1n) is 9.61. The third kappa shape index (κ3) is 7.29. The number of esters is 1. The molecule has 0 unspecified atom stereocenters. The van der Waals surface area contributed by atoms with E-state index >= 15 is 0 Å². The summed E-state index contributed by atoms with van der Waals surface area (Å²) in [5.74, 6) is -0.481. The molecule has 2 aromatic carbocycles. The molecular formula is C22H26N2O5. The highest BCUT2D eigenvalue weighted by atomic mass is 16.5. The maximum absolute atomic E-state index is 12.1. The van der Waals surface area contributed by atoms with E-state index in [0.717, 1.165) is 12.8 Å². The molecule has 29 heavy (non-hydrogen) atoms. The average molecular weight is 398 g/mol. The molecule has 0 atom stereocenters. The van der Waals surface area contributed by atoms with Gasteiger partial charge in [0.2, 0.25) is 0 Å². The zero-order valence-electron chi connectivity index (χ0n) is 16.7. The minimum absolute atomic E-state index is 0.201. The first kappa shape index (κ1) is 21.9. The molecule has 2 rings (SSSR count). The number of hydrogen-bond acceptors (Lipinski definition) is 5. The molecule has 2 aromatic rings. The van der Waals surface area contributed by atoms with Crippen molar-refractivity contribution in [1.29, 1.82) is 0 Å². The van der Waals surface area contributed by atoms with Gasteiger partial charge in [0.05, 0.1) is 12.2 Å². The van der Waals surface area contributed by atoms with Crippen LogP contribution in [0.3, 0.4) is 0 Å². The van der Waals surface area contributed by atoms with E-state index in [1.807, 2.05) is 13.8 Å². The predicted octanol–water partition coefficient (Wildman–Crippen LogP) is 3.41. The lowest BCUT2D eigenvalue weighted by atomic mass is 10.2. The quantitative estimate of drug-likeness (QED) is 0.472. The first-order chi connectivity index (χ1) is 14.0. The van der Waals surface area contributed by atoms with E-state index in [2.05, 4.69) is 10.6 Å². The number of rotatable bonds is 10. The Morgan fingerprint density at radius 1 is 0.966 bits per heavy atom. The van der Waals surface area contributed by atoms with Gasteiger partial charge in [-0.3, -0.25) is 9.59 Å². The Hall–Kier alpha value is -3.35. The van der Waals surface area contributed by atoms with Crippen molar-refractivity contribution in [3.63, 3.8) is 0 Å². The van der Waals surface area contributed by atoms with E-state index in [1.54, 1.807) is 48.5 Å². The SMILES string of the molecule is CCCCOC(=O)c1ccc(OCC(=O)Nc2cccc(C(=O)NCC)c2)cc1. The van der Waals surface area contributed by atoms with Crippen molar-refractivity contribution in [2.24, 2.45) is 0 Å². The monoisotopic (exact) mass is 398 g/mol. The molecule has 2 amide bonds. The number of anilines is 1. The molecule has 0 bridgehead atoms. The van der Waals surface area contributed by atoms with Crippen LogP contribution in [0, 0.1) is 0 Å². The summed E-state index contributed by atoms with van der Waals surface area (Å²) in [5, 5.41) is 5.40. The van der Waals surface area contributed by atoms with Crippen LogP contribution in [0.1, 0.15) is 47.4 Å². The number of benzene rings is 2. The Bertz CT molecular complexity index is 833. The van der Waals surface area contributed by atoms with Crippen LogP contribution in [-0.4, -0.2) is 37.5 Å². The Kier molecular flexibility index (Phi) is 8.69. The van der Waals surface area contributed by atoms with Crippen molar-refractivity contribution in [1.82, 2.24) is 5.32 Å². The highest BCUT2D eigenvalue weighted by molar-refractivity contribution is 5.97. The van der Waals surface area contributed by atoms with E-state index in [4.69, 9.17) is 9.47 Å². The van der Waals surface area contributed by atoms with Gasteiger partial charge in [-0.1, -0.05) is 19.4 Å². The maximum atomic E-state index is 12.1. The standard InChI is InChI=1S/C22H26N2O5/c1-3-5-13-28-22(27)16-9-11-19(12-10-16)29-15-20(25)24-18-8-6-7-17(14-18)21(26)23-4-2/h6-12,14H,3-5,13,15H2,1-2H3,(H,23,26)(H,24,25). The van der Waals surface area contributed by atoms with Crippen molar-refractivity contribution >= 4 is 23.5 Å². The Morgan fingerprint density at radius 3 is 2.41 bits per heavy atom. The molecule has 0 heterocycles. The lowest BCUT2D eigenvalue weighted by Gasteiger charge is -2.09. The number of hydrogen-bond donors (Lipinski definition) is 2. The molecule has 0 aliphatic rings. The molecule has 7 heteroatoms. The van der Waals surface area contributed by atoms with Gasteiger partial charge in [-0.05, 0) is 55.8 Å². The van der Waals surface area contributed by atoms with Crippen LogP contribution < -0.4 is 15.4 Å². The summed E-state index contributed by atoms with van der Waals surface area (Å²) in [4.78, 5) is 35.8. The highest BCUT2D eigenvalue weighted by Gasteiger charge is 2.09. The van der Waals surface area contributed by atoms with Gasteiger partial charge >= 0.3 is 5.97 Å². The smallest absolute Gasteiger partial charge is 0.338 e. The second-order valence-electron chi connectivity index (χ2n) is 6.29. The van der Waals surface area contributed by atoms with Gasteiger partial charge in [-0.15, -0.1) is 0 Å². The summed E-state index contributed by atoms with van der Waals surface area (Å²) in [5.41, 5.74) is 1.40. The summed E-state index contributed by atoms with van der Waals surface area (Å²) < 4.78 is 10.6. The molecule has 0 saturated heterocycles. The second kappa shape index (κ2) is 11.5. The molecule has 154 valence electrons. The zero-order valence-corrected chi connectivity index (χ0v) is 16.7. The van der Waals surface area contributed by atoms with E-state index in [1.165, 1.54) is 0 Å². The van der Waals surface area contributed by atoms with Crippen molar-refractivity contribution in [3.8, 4) is 5.75 Å². The third-order valence-electron chi connectivity index (χ3n) is 3.94. The molecule has 0 aromatic heterocycles. The number of unbranched alkanes of at least 4 members (excludes halogenated alkanes) is 1. The molecular weight excluding hydrogens is 372 g/mol. The van der Waals surface area contributed by atoms with Crippen molar-refractivity contribution in [3.05, 3.63) is 59.7 Å². The molecule has 0 spiro atoms. The van der Waals surface area contributed by atoms with Gasteiger partial charge in [-0.25, -0.2) is 4.79 Å². The van der Waals surface area contributed by atoms with Crippen LogP contribution in [0.2, 0.25) is 0 Å². The van der Waals surface area contributed by atoms with Gasteiger partial charge in [0, 0.05) is 17.8 Å². The Morgan fingerprint density at radius 2 is 1.72 bits per heavy atom. The summed E-state index contributed by atoms with van der Waals surface area (Å²) in [7, 11) is 0. The van der Waals surface area contributed by atoms with Crippen molar-refractivity contribution in [2.45, 2.75) is 26.7 Å². The zero-order chi connectivity index (χ0) is 21.1. The van der Waals surface area contributed by atoms with Crippen LogP contribution in [0.5, 0.6) is 5.75 Å². The van der Waals surface area contributed by atoms with E-state index in [0.29, 0.717) is 35.7 Å². The minimum atomic E-state index is -0.380. The third-order valence-corrected chi connectivity index (χ3v) is 3.94. The van der Waals surface area contributed by atoms with Crippen molar-refractivity contribution < 1.29 is 23.9 Å². The molecule has 2 N–H and O–H groups in total. The van der Waals surface area contributed by atoms with Crippen LogP contribution in [0.4, 0.5) is 5.69 Å². The maximum Gasteiger partial charge on any atom is 0.338 e. The van der Waals surface area contributed by atoms with Gasteiger partial charge in [-0.2, -0.15) is 0 Å². The van der Waals surface area contributed by atoms with Crippen LogP contribution in [0.25, 0.3) is 0 Å². The number of carbonyl (C=O) groups excluding carboxylic acids is 3. The lowest BCUT2D eigenvalue weighted by Crippen LogP contribution is -2.23. The van der Waals surface area contributed by atoms with Gasteiger partial charge in [0.15, 0.2) is 6.61 Å². The lowest BCUT2D eigenvalue weighted by molar-refractivity contribution is -0.118. The predicted molar refractivity (Wildman–Crippen MR) is 110 cm³/mol. The summed E-state index contributed by atoms with van der Waals surface area (Å²) >= 11 is 0. The summed E-state index contributed by atoms with van der Waals surface area (Å²) in [6, 6.07) is 13.1. The first-order valence-corrected chi connectivity index (χ1v) is 9.61. The molecule has 0 fully saturated rings.